The summed E-state index contributed by atoms with van der Waals surface area (Å²) in [6.45, 7) is 7.60. The molecule has 1 aromatic carbocycles. The third kappa shape index (κ3) is 4.67. The minimum Gasteiger partial charge on any atom is -0.378 e. The first kappa shape index (κ1) is 17.6. The van der Waals surface area contributed by atoms with Crippen molar-refractivity contribution in [2.45, 2.75) is 19.9 Å². The Hall–Kier alpha value is -2.18. The molecule has 6 heteroatoms. The number of aryl methyl sites for hydroxylation is 1. The molecule has 2 heterocycles. The summed E-state index contributed by atoms with van der Waals surface area (Å²) in [5, 5.41) is 7.05. The molecule has 1 aliphatic rings. The Morgan fingerprint density at radius 3 is 2.60 bits per heavy atom. The van der Waals surface area contributed by atoms with Gasteiger partial charge in [0.25, 0.3) is 0 Å². The first-order valence-corrected chi connectivity index (χ1v) is 8.96. The summed E-state index contributed by atoms with van der Waals surface area (Å²) in [5.74, 6) is 0.787. The molecule has 0 spiro atoms. The zero-order valence-electron chi connectivity index (χ0n) is 14.7. The van der Waals surface area contributed by atoms with Gasteiger partial charge in [0.2, 0.25) is 0 Å². The van der Waals surface area contributed by atoms with Crippen LogP contribution in [0.2, 0.25) is 0 Å². The Kier molecular flexibility index (Phi) is 5.83. The molecule has 3 rings (SSSR count). The molecule has 1 unspecified atom stereocenters. The second kappa shape index (κ2) is 8.27. The number of nitrogens with one attached hydrogen (secondary N) is 2. The molecule has 1 saturated heterocycles. The van der Waals surface area contributed by atoms with Crippen LogP contribution in [0, 0.1) is 6.92 Å². The summed E-state index contributed by atoms with van der Waals surface area (Å²) in [5.41, 5.74) is 3.50. The third-order valence-electron chi connectivity index (χ3n) is 4.36. The molecule has 0 amide bonds. The molecule has 1 aliphatic heterocycles. The van der Waals surface area contributed by atoms with Gasteiger partial charge in [0.15, 0.2) is 5.11 Å². The van der Waals surface area contributed by atoms with Crippen LogP contribution in [0.25, 0.3) is 0 Å². The van der Waals surface area contributed by atoms with Crippen molar-refractivity contribution >= 4 is 28.8 Å². The van der Waals surface area contributed by atoms with Crippen molar-refractivity contribution in [2.75, 3.05) is 36.5 Å². The van der Waals surface area contributed by atoms with Crippen LogP contribution in [0.1, 0.15) is 24.1 Å². The normalized spacial score (nSPS) is 15.5. The maximum absolute atomic E-state index is 5.42. The van der Waals surface area contributed by atoms with Crippen molar-refractivity contribution in [3.63, 3.8) is 0 Å². The van der Waals surface area contributed by atoms with E-state index in [1.165, 1.54) is 11.3 Å². The summed E-state index contributed by atoms with van der Waals surface area (Å²) in [6, 6.07) is 12.7. The van der Waals surface area contributed by atoms with E-state index in [0.29, 0.717) is 5.11 Å². The molecule has 132 valence electrons. The topological polar surface area (TPSA) is 49.4 Å². The standard InChI is InChI=1S/C19H24N4OS/c1-14-4-3-9-20-18(14)22-19(25)21-15(2)16-5-7-17(8-6-16)23-10-12-24-13-11-23/h3-9,15H,10-13H2,1-2H3,(H2,20,21,22,25). The lowest BCUT2D eigenvalue weighted by Gasteiger charge is -2.29. The molecular weight excluding hydrogens is 332 g/mol. The van der Waals surface area contributed by atoms with Crippen LogP contribution in [0.15, 0.2) is 42.6 Å². The minimum atomic E-state index is 0.114. The lowest BCUT2D eigenvalue weighted by Crippen LogP contribution is -2.36. The van der Waals surface area contributed by atoms with Gasteiger partial charge in [0.05, 0.1) is 19.3 Å². The number of pyridine rings is 1. The fourth-order valence-corrected chi connectivity index (χ4v) is 3.11. The van der Waals surface area contributed by atoms with E-state index in [0.717, 1.165) is 37.7 Å². The van der Waals surface area contributed by atoms with Gasteiger partial charge >= 0.3 is 0 Å². The average Bonchev–Trinajstić information content (AvgIpc) is 2.64. The zero-order chi connectivity index (χ0) is 17.6. The number of ether oxygens (including phenoxy) is 1. The Balaban J connectivity index is 1.58. The molecule has 1 atom stereocenters. The van der Waals surface area contributed by atoms with E-state index in [1.807, 2.05) is 19.1 Å². The van der Waals surface area contributed by atoms with E-state index in [2.05, 4.69) is 51.7 Å². The van der Waals surface area contributed by atoms with Crippen LogP contribution in [-0.4, -0.2) is 36.4 Å². The lowest BCUT2D eigenvalue weighted by atomic mass is 10.1. The van der Waals surface area contributed by atoms with Gasteiger partial charge in [-0.05, 0) is 55.4 Å². The smallest absolute Gasteiger partial charge is 0.172 e. The largest absolute Gasteiger partial charge is 0.378 e. The molecule has 0 saturated carbocycles. The zero-order valence-corrected chi connectivity index (χ0v) is 15.5. The number of aromatic nitrogens is 1. The number of nitrogens with zero attached hydrogens (tertiary/aromatic N) is 2. The fourth-order valence-electron chi connectivity index (χ4n) is 2.84. The summed E-state index contributed by atoms with van der Waals surface area (Å²) in [4.78, 5) is 6.66. The van der Waals surface area contributed by atoms with Gasteiger partial charge in [-0.15, -0.1) is 0 Å². The van der Waals surface area contributed by atoms with Gasteiger partial charge in [-0.25, -0.2) is 4.98 Å². The average molecular weight is 356 g/mol. The number of benzene rings is 1. The predicted octanol–water partition coefficient (Wildman–Crippen LogP) is 3.27. The number of morpholine rings is 1. The highest BCUT2D eigenvalue weighted by molar-refractivity contribution is 7.80. The first-order chi connectivity index (χ1) is 12.1. The third-order valence-corrected chi connectivity index (χ3v) is 4.58. The summed E-state index contributed by atoms with van der Waals surface area (Å²) < 4.78 is 5.41. The number of hydrogen-bond donors (Lipinski definition) is 2. The number of hydrogen-bond acceptors (Lipinski definition) is 4. The van der Waals surface area contributed by atoms with E-state index in [9.17, 15) is 0 Å². The Bertz CT molecular complexity index is 714. The molecule has 5 nitrogen and oxygen atoms in total. The van der Waals surface area contributed by atoms with Crippen LogP contribution in [0.5, 0.6) is 0 Å². The van der Waals surface area contributed by atoms with E-state index < -0.39 is 0 Å². The van der Waals surface area contributed by atoms with E-state index >= 15 is 0 Å². The number of anilines is 2. The molecular formula is C19H24N4OS. The molecule has 25 heavy (non-hydrogen) atoms. The summed E-state index contributed by atoms with van der Waals surface area (Å²) in [7, 11) is 0. The molecule has 0 aliphatic carbocycles. The van der Waals surface area contributed by atoms with Gasteiger partial charge in [-0.2, -0.15) is 0 Å². The van der Waals surface area contributed by atoms with Gasteiger partial charge in [-0.1, -0.05) is 18.2 Å². The van der Waals surface area contributed by atoms with Crippen molar-refractivity contribution in [1.82, 2.24) is 10.3 Å². The second-order valence-electron chi connectivity index (χ2n) is 6.18. The van der Waals surface area contributed by atoms with E-state index in [-0.39, 0.29) is 6.04 Å². The molecule has 0 bridgehead atoms. The maximum atomic E-state index is 5.42. The fraction of sp³-hybridized carbons (Fsp3) is 0.368. The Labute approximate surface area is 154 Å². The van der Waals surface area contributed by atoms with Gasteiger partial charge in [0, 0.05) is 25.0 Å². The monoisotopic (exact) mass is 356 g/mol. The van der Waals surface area contributed by atoms with Crippen LogP contribution in [0.3, 0.4) is 0 Å². The van der Waals surface area contributed by atoms with E-state index in [4.69, 9.17) is 17.0 Å². The lowest BCUT2D eigenvalue weighted by molar-refractivity contribution is 0.122. The molecule has 1 fully saturated rings. The van der Waals surface area contributed by atoms with Crippen LogP contribution in [-0.2, 0) is 4.74 Å². The summed E-state index contributed by atoms with van der Waals surface area (Å²) in [6.07, 6.45) is 1.76. The van der Waals surface area contributed by atoms with Crippen LogP contribution < -0.4 is 15.5 Å². The Morgan fingerprint density at radius 1 is 1.20 bits per heavy atom. The minimum absolute atomic E-state index is 0.114. The number of rotatable bonds is 4. The SMILES string of the molecule is Cc1cccnc1NC(=S)NC(C)c1ccc(N2CCOCC2)cc1. The van der Waals surface area contributed by atoms with Gasteiger partial charge in [-0.3, -0.25) is 0 Å². The van der Waals surface area contributed by atoms with Gasteiger partial charge < -0.3 is 20.3 Å². The second-order valence-corrected chi connectivity index (χ2v) is 6.59. The van der Waals surface area contributed by atoms with Crippen molar-refractivity contribution in [3.05, 3.63) is 53.7 Å². The summed E-state index contributed by atoms with van der Waals surface area (Å²) >= 11 is 5.42. The highest BCUT2D eigenvalue weighted by Gasteiger charge is 2.12. The Morgan fingerprint density at radius 2 is 1.92 bits per heavy atom. The quantitative estimate of drug-likeness (QED) is 0.820. The van der Waals surface area contributed by atoms with Crippen molar-refractivity contribution in [3.8, 4) is 0 Å². The van der Waals surface area contributed by atoms with Gasteiger partial charge in [0.1, 0.15) is 5.82 Å². The predicted molar refractivity (Wildman–Crippen MR) is 106 cm³/mol. The maximum Gasteiger partial charge on any atom is 0.172 e. The van der Waals surface area contributed by atoms with Crippen molar-refractivity contribution < 1.29 is 4.74 Å². The molecule has 1 aromatic heterocycles. The molecule has 0 radical (unpaired) electrons. The highest BCUT2D eigenvalue weighted by Crippen LogP contribution is 2.20. The van der Waals surface area contributed by atoms with Crippen LogP contribution >= 0.6 is 12.2 Å². The van der Waals surface area contributed by atoms with Crippen molar-refractivity contribution in [1.29, 1.82) is 0 Å². The molecule has 2 aromatic rings. The van der Waals surface area contributed by atoms with Crippen LogP contribution in [0.4, 0.5) is 11.5 Å². The molecule has 2 N–H and O–H groups in total. The van der Waals surface area contributed by atoms with E-state index in [1.54, 1.807) is 6.20 Å². The first-order valence-electron chi connectivity index (χ1n) is 8.55. The number of thiocarbonyl (C=S) groups is 1. The highest BCUT2D eigenvalue weighted by atomic mass is 32.1. The van der Waals surface area contributed by atoms with Crippen molar-refractivity contribution in [2.24, 2.45) is 0 Å².